The highest BCUT2D eigenvalue weighted by atomic mass is 32.2. The first-order chi connectivity index (χ1) is 4.29. The van der Waals surface area contributed by atoms with E-state index in [0.29, 0.717) is 6.61 Å². The molecule has 3 nitrogen and oxygen atoms in total. The maximum Gasteiger partial charge on any atom is 0.152 e. The fourth-order valence-electron chi connectivity index (χ4n) is 0.780. The Morgan fingerprint density at radius 2 is 2.56 bits per heavy atom. The van der Waals surface area contributed by atoms with Gasteiger partial charge < -0.3 is 4.74 Å². The van der Waals surface area contributed by atoms with Gasteiger partial charge in [0, 0.05) is 19.3 Å². The van der Waals surface area contributed by atoms with Gasteiger partial charge in [0.1, 0.15) is 6.10 Å². The molecule has 0 aromatic rings. The van der Waals surface area contributed by atoms with Crippen molar-refractivity contribution in [2.75, 3.05) is 19.5 Å². The van der Waals surface area contributed by atoms with E-state index in [0.717, 1.165) is 13.0 Å². The van der Waals surface area contributed by atoms with Crippen molar-refractivity contribution < 1.29 is 13.1 Å². The van der Waals surface area contributed by atoms with E-state index in [1.165, 1.54) is 6.26 Å². The first kappa shape index (κ1) is 7.18. The molecule has 0 aromatic heterocycles. The molecule has 0 radical (unpaired) electrons. The first-order valence-corrected chi connectivity index (χ1v) is 4.35. The summed E-state index contributed by atoms with van der Waals surface area (Å²) >= 11 is -1.14. The Bertz CT molecular complexity index is 109. The van der Waals surface area contributed by atoms with Gasteiger partial charge in [-0.2, -0.15) is 0 Å². The van der Waals surface area contributed by atoms with E-state index in [9.17, 15) is 4.21 Å². The van der Waals surface area contributed by atoms with Crippen LogP contribution in [0.5, 0.6) is 0 Å². The minimum absolute atomic E-state index is 0.0656. The molecule has 0 spiro atoms. The van der Waals surface area contributed by atoms with Gasteiger partial charge in [0.05, 0.1) is 6.61 Å². The molecule has 1 aliphatic heterocycles. The SMILES string of the molecule is CS(=O)OC1CCOC1. The Kier molecular flexibility index (Phi) is 2.63. The van der Waals surface area contributed by atoms with Crippen LogP contribution in [0.4, 0.5) is 0 Å². The van der Waals surface area contributed by atoms with Crippen molar-refractivity contribution in [1.82, 2.24) is 0 Å². The summed E-state index contributed by atoms with van der Waals surface area (Å²) in [5.41, 5.74) is 0. The third kappa shape index (κ3) is 2.43. The van der Waals surface area contributed by atoms with Crippen LogP contribution < -0.4 is 0 Å². The summed E-state index contributed by atoms with van der Waals surface area (Å²) in [6.45, 7) is 1.33. The Morgan fingerprint density at radius 3 is 3.00 bits per heavy atom. The second-order valence-electron chi connectivity index (χ2n) is 1.98. The quantitative estimate of drug-likeness (QED) is 0.559. The van der Waals surface area contributed by atoms with Crippen molar-refractivity contribution >= 4 is 11.1 Å². The lowest BCUT2D eigenvalue weighted by Gasteiger charge is -2.03. The molecule has 1 fully saturated rings. The highest BCUT2D eigenvalue weighted by molar-refractivity contribution is 7.79. The number of rotatable bonds is 2. The lowest BCUT2D eigenvalue weighted by Crippen LogP contribution is -2.12. The number of hydrogen-bond donors (Lipinski definition) is 0. The minimum Gasteiger partial charge on any atom is -0.379 e. The second-order valence-corrected chi connectivity index (χ2v) is 2.98. The van der Waals surface area contributed by atoms with E-state index in [1.807, 2.05) is 0 Å². The zero-order valence-electron chi connectivity index (χ0n) is 5.33. The molecule has 1 saturated heterocycles. The minimum atomic E-state index is -1.14. The van der Waals surface area contributed by atoms with Crippen molar-refractivity contribution in [2.24, 2.45) is 0 Å². The molecule has 0 bridgehead atoms. The molecule has 0 amide bonds. The van der Waals surface area contributed by atoms with Gasteiger partial charge in [-0.3, -0.25) is 4.18 Å². The Balaban J connectivity index is 2.19. The van der Waals surface area contributed by atoms with Crippen LogP contribution >= 0.6 is 0 Å². The maximum atomic E-state index is 10.4. The van der Waals surface area contributed by atoms with Gasteiger partial charge >= 0.3 is 0 Å². The van der Waals surface area contributed by atoms with Crippen LogP contribution in [0.15, 0.2) is 0 Å². The van der Waals surface area contributed by atoms with Crippen LogP contribution in [-0.4, -0.2) is 29.8 Å². The van der Waals surface area contributed by atoms with Gasteiger partial charge in [0.15, 0.2) is 11.1 Å². The fraction of sp³-hybridized carbons (Fsp3) is 1.00. The smallest absolute Gasteiger partial charge is 0.152 e. The zero-order valence-corrected chi connectivity index (χ0v) is 6.15. The molecule has 1 aliphatic rings. The van der Waals surface area contributed by atoms with Crippen LogP contribution in [0.25, 0.3) is 0 Å². The van der Waals surface area contributed by atoms with E-state index in [2.05, 4.69) is 0 Å². The zero-order chi connectivity index (χ0) is 6.69. The summed E-state index contributed by atoms with van der Waals surface area (Å²) in [6, 6.07) is 0. The molecule has 0 saturated carbocycles. The predicted molar refractivity (Wildman–Crippen MR) is 34.4 cm³/mol. The van der Waals surface area contributed by atoms with E-state index in [-0.39, 0.29) is 6.10 Å². The molecule has 2 atom stereocenters. The molecular formula is C5H10O3S. The van der Waals surface area contributed by atoms with Crippen molar-refractivity contribution in [3.8, 4) is 0 Å². The summed E-state index contributed by atoms with van der Waals surface area (Å²) < 4.78 is 20.4. The van der Waals surface area contributed by atoms with Crippen LogP contribution in [0.2, 0.25) is 0 Å². The number of ether oxygens (including phenoxy) is 1. The van der Waals surface area contributed by atoms with Crippen molar-refractivity contribution in [2.45, 2.75) is 12.5 Å². The largest absolute Gasteiger partial charge is 0.379 e. The monoisotopic (exact) mass is 150 g/mol. The van der Waals surface area contributed by atoms with Crippen LogP contribution in [0, 0.1) is 0 Å². The van der Waals surface area contributed by atoms with Crippen LogP contribution in [0.1, 0.15) is 6.42 Å². The Hall–Kier alpha value is 0.0700. The van der Waals surface area contributed by atoms with E-state index in [4.69, 9.17) is 8.92 Å². The van der Waals surface area contributed by atoms with Crippen LogP contribution in [0.3, 0.4) is 0 Å². The number of hydrogen-bond acceptors (Lipinski definition) is 3. The van der Waals surface area contributed by atoms with Gasteiger partial charge in [0.2, 0.25) is 0 Å². The van der Waals surface area contributed by atoms with Gasteiger partial charge in [-0.25, -0.2) is 4.21 Å². The molecule has 1 heterocycles. The highest BCUT2D eigenvalue weighted by Crippen LogP contribution is 2.08. The average molecular weight is 150 g/mol. The maximum absolute atomic E-state index is 10.4. The van der Waals surface area contributed by atoms with Crippen molar-refractivity contribution in [1.29, 1.82) is 0 Å². The molecular weight excluding hydrogens is 140 g/mol. The summed E-state index contributed by atoms with van der Waals surface area (Å²) in [6.07, 6.45) is 2.47. The summed E-state index contributed by atoms with van der Waals surface area (Å²) in [4.78, 5) is 0. The third-order valence-corrected chi connectivity index (χ3v) is 1.70. The molecule has 9 heavy (non-hydrogen) atoms. The second kappa shape index (κ2) is 3.29. The summed E-state index contributed by atoms with van der Waals surface area (Å²) in [5, 5.41) is 0. The third-order valence-electron chi connectivity index (χ3n) is 1.16. The first-order valence-electron chi connectivity index (χ1n) is 2.87. The standard InChI is InChI=1S/C5H10O3S/c1-9(6)8-5-2-3-7-4-5/h5H,2-4H2,1H3. The lowest BCUT2D eigenvalue weighted by molar-refractivity contribution is 0.150. The molecule has 0 aromatic carbocycles. The molecule has 2 unspecified atom stereocenters. The normalized spacial score (nSPS) is 30.6. The Labute approximate surface area is 57.0 Å². The molecule has 1 rings (SSSR count). The molecule has 54 valence electrons. The van der Waals surface area contributed by atoms with Gasteiger partial charge in [-0.15, -0.1) is 0 Å². The highest BCUT2D eigenvalue weighted by Gasteiger charge is 2.16. The van der Waals surface area contributed by atoms with E-state index in [1.54, 1.807) is 0 Å². The van der Waals surface area contributed by atoms with Gasteiger partial charge in [-0.1, -0.05) is 0 Å². The van der Waals surface area contributed by atoms with Crippen LogP contribution in [-0.2, 0) is 20.0 Å². The summed E-state index contributed by atoms with van der Waals surface area (Å²) in [7, 11) is 0. The average Bonchev–Trinajstić information content (AvgIpc) is 2.15. The summed E-state index contributed by atoms with van der Waals surface area (Å²) in [5.74, 6) is 0. The predicted octanol–water partition coefficient (Wildman–Crippen LogP) is 0.0854. The molecule has 0 aliphatic carbocycles. The van der Waals surface area contributed by atoms with E-state index >= 15 is 0 Å². The molecule has 0 N–H and O–H groups in total. The molecule has 4 heteroatoms. The van der Waals surface area contributed by atoms with Gasteiger partial charge in [0.25, 0.3) is 0 Å². The Morgan fingerprint density at radius 1 is 1.78 bits per heavy atom. The fourth-order valence-corrected chi connectivity index (χ4v) is 1.32. The van der Waals surface area contributed by atoms with Crippen molar-refractivity contribution in [3.05, 3.63) is 0 Å². The van der Waals surface area contributed by atoms with E-state index < -0.39 is 11.1 Å². The van der Waals surface area contributed by atoms with Crippen molar-refractivity contribution in [3.63, 3.8) is 0 Å². The topological polar surface area (TPSA) is 35.5 Å². The van der Waals surface area contributed by atoms with Gasteiger partial charge in [-0.05, 0) is 0 Å². The lowest BCUT2D eigenvalue weighted by atomic mass is 10.3.